The molecule has 3 rings (SSSR count). The van der Waals surface area contributed by atoms with E-state index in [9.17, 15) is 0 Å². The van der Waals surface area contributed by atoms with E-state index in [1.165, 1.54) is 50.0 Å². The van der Waals surface area contributed by atoms with E-state index in [1.807, 2.05) is 0 Å². The predicted octanol–water partition coefficient (Wildman–Crippen LogP) is 3.98. The second-order valence-electron chi connectivity index (χ2n) is 6.63. The van der Waals surface area contributed by atoms with Gasteiger partial charge in [-0.2, -0.15) is 0 Å². The third-order valence-electron chi connectivity index (χ3n) is 4.77. The van der Waals surface area contributed by atoms with Crippen molar-refractivity contribution in [2.24, 2.45) is 11.8 Å². The van der Waals surface area contributed by atoms with E-state index < -0.39 is 0 Å². The van der Waals surface area contributed by atoms with Gasteiger partial charge in [0.15, 0.2) is 0 Å². The number of hydrogen-bond donors (Lipinski definition) is 1. The number of nitrogens with zero attached hydrogens (tertiary/aromatic N) is 1. The molecular weight excluding hydrogens is 244 g/mol. The number of nitrogens with one attached hydrogen (secondary N) is 1. The van der Waals surface area contributed by atoms with Crippen LogP contribution in [0.4, 0.5) is 5.69 Å². The predicted molar refractivity (Wildman–Crippen MR) is 86.2 cm³/mol. The molecule has 0 bridgehead atoms. The van der Waals surface area contributed by atoms with Crippen molar-refractivity contribution in [1.82, 2.24) is 5.32 Å². The van der Waals surface area contributed by atoms with Crippen LogP contribution in [-0.4, -0.2) is 20.1 Å². The van der Waals surface area contributed by atoms with Gasteiger partial charge in [0.05, 0.1) is 0 Å². The summed E-state index contributed by atoms with van der Waals surface area (Å²) < 4.78 is 0. The first-order valence-electron chi connectivity index (χ1n) is 8.32. The summed E-state index contributed by atoms with van der Waals surface area (Å²) in [6.07, 6.45) is 6.91. The normalized spacial score (nSPS) is 19.9. The summed E-state index contributed by atoms with van der Waals surface area (Å²) in [7, 11) is 2.05. The zero-order chi connectivity index (χ0) is 13.9. The molecule has 0 heterocycles. The van der Waals surface area contributed by atoms with Crippen LogP contribution in [0.5, 0.6) is 0 Å². The number of anilines is 1. The van der Waals surface area contributed by atoms with Crippen molar-refractivity contribution in [2.75, 3.05) is 25.0 Å². The lowest BCUT2D eigenvalue weighted by Crippen LogP contribution is -2.28. The van der Waals surface area contributed by atoms with Gasteiger partial charge in [0.25, 0.3) is 0 Å². The van der Waals surface area contributed by atoms with Crippen molar-refractivity contribution < 1.29 is 0 Å². The number of benzene rings is 1. The van der Waals surface area contributed by atoms with Crippen molar-refractivity contribution in [1.29, 1.82) is 0 Å². The fourth-order valence-electron chi connectivity index (χ4n) is 3.03. The lowest BCUT2D eigenvalue weighted by atomic mass is 10.0. The highest BCUT2D eigenvalue weighted by atomic mass is 15.1. The van der Waals surface area contributed by atoms with Gasteiger partial charge >= 0.3 is 0 Å². The molecule has 2 saturated carbocycles. The third-order valence-corrected chi connectivity index (χ3v) is 4.77. The van der Waals surface area contributed by atoms with E-state index in [0.29, 0.717) is 6.04 Å². The molecule has 0 radical (unpaired) electrons. The molecule has 0 saturated heterocycles. The van der Waals surface area contributed by atoms with Gasteiger partial charge in [0.1, 0.15) is 0 Å². The van der Waals surface area contributed by atoms with Crippen LogP contribution in [-0.2, 0) is 0 Å². The Bertz CT molecular complexity index is 400. The Morgan fingerprint density at radius 2 is 1.60 bits per heavy atom. The molecular formula is C18H28N2. The molecule has 2 fully saturated rings. The average Bonchev–Trinajstić information content (AvgIpc) is 3.36. The first kappa shape index (κ1) is 13.9. The van der Waals surface area contributed by atoms with Gasteiger partial charge in [0.2, 0.25) is 0 Å². The molecule has 1 N–H and O–H groups in total. The van der Waals surface area contributed by atoms with Crippen LogP contribution in [0.15, 0.2) is 24.3 Å². The minimum Gasteiger partial charge on any atom is -0.371 e. The van der Waals surface area contributed by atoms with Crippen molar-refractivity contribution in [3.63, 3.8) is 0 Å². The van der Waals surface area contributed by atoms with Gasteiger partial charge in [-0.1, -0.05) is 19.1 Å². The summed E-state index contributed by atoms with van der Waals surface area (Å²) >= 11 is 0. The van der Waals surface area contributed by atoms with E-state index >= 15 is 0 Å². The molecule has 2 aliphatic rings. The highest BCUT2D eigenvalue weighted by molar-refractivity contribution is 5.48. The van der Waals surface area contributed by atoms with Gasteiger partial charge in [-0.15, -0.1) is 0 Å². The summed E-state index contributed by atoms with van der Waals surface area (Å²) in [5.74, 6) is 1.93. The number of rotatable bonds is 8. The molecule has 0 amide bonds. The van der Waals surface area contributed by atoms with E-state index in [0.717, 1.165) is 18.3 Å². The fraction of sp³-hybridized carbons (Fsp3) is 0.667. The second kappa shape index (κ2) is 6.17. The Labute approximate surface area is 123 Å². The molecule has 1 atom stereocenters. The quantitative estimate of drug-likeness (QED) is 0.770. The Kier molecular flexibility index (Phi) is 4.30. The van der Waals surface area contributed by atoms with Crippen molar-refractivity contribution in [3.05, 3.63) is 29.8 Å². The molecule has 2 aliphatic carbocycles. The van der Waals surface area contributed by atoms with E-state index in [1.54, 1.807) is 0 Å². The first-order valence-corrected chi connectivity index (χ1v) is 8.32. The highest BCUT2D eigenvalue weighted by Crippen LogP contribution is 2.36. The van der Waals surface area contributed by atoms with Crippen LogP contribution in [0.1, 0.15) is 50.6 Å². The highest BCUT2D eigenvalue weighted by Gasteiger charge is 2.29. The smallest absolute Gasteiger partial charge is 0.0366 e. The standard InChI is InChI=1S/C18H28N2/c1-3-18(19-2)16-8-10-17(11-9-16)20(12-14-4-5-14)13-15-6-7-15/h8-11,14-15,18-19H,3-7,12-13H2,1-2H3. The van der Waals surface area contributed by atoms with Gasteiger partial charge in [-0.25, -0.2) is 0 Å². The minimum absolute atomic E-state index is 0.490. The average molecular weight is 272 g/mol. The van der Waals surface area contributed by atoms with Gasteiger partial charge in [-0.05, 0) is 68.7 Å². The molecule has 2 nitrogen and oxygen atoms in total. The van der Waals surface area contributed by atoms with Crippen LogP contribution in [0.2, 0.25) is 0 Å². The maximum absolute atomic E-state index is 3.39. The third kappa shape index (κ3) is 3.54. The van der Waals surface area contributed by atoms with E-state index in [4.69, 9.17) is 0 Å². The lowest BCUT2D eigenvalue weighted by Gasteiger charge is -2.25. The lowest BCUT2D eigenvalue weighted by molar-refractivity contribution is 0.577. The Morgan fingerprint density at radius 1 is 1.05 bits per heavy atom. The Balaban J connectivity index is 1.69. The van der Waals surface area contributed by atoms with Crippen molar-refractivity contribution in [3.8, 4) is 0 Å². The second-order valence-corrected chi connectivity index (χ2v) is 6.63. The van der Waals surface area contributed by atoms with Crippen LogP contribution in [0.25, 0.3) is 0 Å². The maximum atomic E-state index is 3.39. The minimum atomic E-state index is 0.490. The Morgan fingerprint density at radius 3 is 2.00 bits per heavy atom. The molecule has 0 aliphatic heterocycles. The van der Waals surface area contributed by atoms with Crippen LogP contribution < -0.4 is 10.2 Å². The van der Waals surface area contributed by atoms with Crippen LogP contribution >= 0.6 is 0 Å². The summed E-state index contributed by atoms with van der Waals surface area (Å²) in [6.45, 7) is 4.79. The SMILES string of the molecule is CCC(NC)c1ccc(N(CC2CC2)CC2CC2)cc1. The molecule has 1 aromatic carbocycles. The molecule has 20 heavy (non-hydrogen) atoms. The van der Waals surface area contributed by atoms with Crippen LogP contribution in [0, 0.1) is 11.8 Å². The van der Waals surface area contributed by atoms with Gasteiger partial charge in [-0.3, -0.25) is 0 Å². The molecule has 1 unspecified atom stereocenters. The summed E-state index contributed by atoms with van der Waals surface area (Å²) in [5, 5.41) is 3.39. The molecule has 2 heteroatoms. The summed E-state index contributed by atoms with van der Waals surface area (Å²) in [4.78, 5) is 2.64. The van der Waals surface area contributed by atoms with Gasteiger partial charge < -0.3 is 10.2 Å². The van der Waals surface area contributed by atoms with Gasteiger partial charge in [0, 0.05) is 24.8 Å². The zero-order valence-corrected chi connectivity index (χ0v) is 12.9. The fourth-order valence-corrected chi connectivity index (χ4v) is 3.03. The van der Waals surface area contributed by atoms with Crippen molar-refractivity contribution in [2.45, 2.75) is 45.1 Å². The zero-order valence-electron chi connectivity index (χ0n) is 12.9. The summed E-state index contributed by atoms with van der Waals surface area (Å²) in [5.41, 5.74) is 2.84. The molecule has 0 spiro atoms. The van der Waals surface area contributed by atoms with Crippen molar-refractivity contribution >= 4 is 5.69 Å². The molecule has 110 valence electrons. The molecule has 1 aromatic rings. The Hall–Kier alpha value is -1.02. The summed E-state index contributed by atoms with van der Waals surface area (Å²) in [6, 6.07) is 9.78. The number of hydrogen-bond acceptors (Lipinski definition) is 2. The largest absolute Gasteiger partial charge is 0.371 e. The first-order chi connectivity index (χ1) is 9.80. The maximum Gasteiger partial charge on any atom is 0.0366 e. The topological polar surface area (TPSA) is 15.3 Å². The van der Waals surface area contributed by atoms with E-state index in [-0.39, 0.29) is 0 Å². The van der Waals surface area contributed by atoms with Crippen LogP contribution in [0.3, 0.4) is 0 Å². The molecule has 0 aromatic heterocycles. The van der Waals surface area contributed by atoms with E-state index in [2.05, 4.69) is 48.5 Å². The monoisotopic (exact) mass is 272 g/mol.